The zero-order valence-electron chi connectivity index (χ0n) is 10.3. The van der Waals surface area contributed by atoms with Crippen LogP contribution in [0.15, 0.2) is 23.4 Å². The Morgan fingerprint density at radius 1 is 1.50 bits per heavy atom. The van der Waals surface area contributed by atoms with E-state index in [-0.39, 0.29) is 10.4 Å². The first-order valence-electron chi connectivity index (χ1n) is 5.94. The largest absolute Gasteiger partial charge is 0.321 e. The fourth-order valence-electron chi connectivity index (χ4n) is 1.86. The average Bonchev–Trinajstić information content (AvgIpc) is 3.17. The van der Waals surface area contributed by atoms with Crippen molar-refractivity contribution in [3.05, 3.63) is 18.3 Å². The minimum Gasteiger partial charge on any atom is -0.321 e. The molecule has 1 heterocycles. The van der Waals surface area contributed by atoms with Crippen molar-refractivity contribution >= 4 is 15.7 Å². The van der Waals surface area contributed by atoms with Gasteiger partial charge in [0.2, 0.25) is 0 Å². The minimum atomic E-state index is -3.61. The Bertz CT molecular complexity index is 526. The van der Waals surface area contributed by atoms with Gasteiger partial charge < -0.3 is 5.43 Å². The first-order chi connectivity index (χ1) is 8.53. The smallest absolute Gasteiger partial charge is 0.260 e. The van der Waals surface area contributed by atoms with Gasteiger partial charge in [-0.05, 0) is 36.8 Å². The Morgan fingerprint density at radius 2 is 2.22 bits per heavy atom. The molecule has 1 aromatic rings. The predicted octanol–water partition coefficient (Wildman–Crippen LogP) is 0.836. The Hall–Kier alpha value is -1.18. The number of rotatable bonds is 6. The molecule has 7 heteroatoms. The molecule has 1 aliphatic rings. The van der Waals surface area contributed by atoms with Crippen LogP contribution in [0.25, 0.3) is 0 Å². The molecule has 2 rings (SSSR count). The first kappa shape index (κ1) is 13.3. The summed E-state index contributed by atoms with van der Waals surface area (Å²) < 4.78 is 26.9. The number of nitrogens with zero attached hydrogens (tertiary/aromatic N) is 1. The molecule has 1 saturated carbocycles. The summed E-state index contributed by atoms with van der Waals surface area (Å²) in [5, 5.41) is -0.0561. The molecule has 0 radical (unpaired) electrons. The third-order valence-electron chi connectivity index (χ3n) is 3.53. The van der Waals surface area contributed by atoms with E-state index in [1.807, 2.05) is 0 Å². The Balaban J connectivity index is 2.15. The van der Waals surface area contributed by atoms with Crippen molar-refractivity contribution in [2.24, 2.45) is 11.3 Å². The second-order valence-electron chi connectivity index (χ2n) is 4.68. The lowest BCUT2D eigenvalue weighted by Gasteiger charge is -2.14. The van der Waals surface area contributed by atoms with Crippen molar-refractivity contribution in [3.63, 3.8) is 0 Å². The summed E-state index contributed by atoms with van der Waals surface area (Å²) >= 11 is 0. The van der Waals surface area contributed by atoms with Crippen molar-refractivity contribution in [1.29, 1.82) is 0 Å². The number of sulfonamides is 1. The quantitative estimate of drug-likeness (QED) is 0.525. The van der Waals surface area contributed by atoms with E-state index in [0.717, 1.165) is 19.3 Å². The summed E-state index contributed by atoms with van der Waals surface area (Å²) in [6.45, 7) is 2.54. The molecule has 0 bridgehead atoms. The molecule has 0 spiro atoms. The third kappa shape index (κ3) is 2.63. The summed E-state index contributed by atoms with van der Waals surface area (Å²) in [5.74, 6) is 5.29. The Kier molecular flexibility index (Phi) is 3.56. The highest BCUT2D eigenvalue weighted by atomic mass is 32.2. The highest BCUT2D eigenvalue weighted by molar-refractivity contribution is 7.89. The van der Waals surface area contributed by atoms with E-state index in [2.05, 4.69) is 22.1 Å². The fourth-order valence-corrected chi connectivity index (χ4v) is 3.11. The molecule has 0 amide bonds. The van der Waals surface area contributed by atoms with E-state index in [9.17, 15) is 8.42 Å². The second kappa shape index (κ2) is 4.83. The summed E-state index contributed by atoms with van der Waals surface area (Å²) in [4.78, 5) is 3.88. The third-order valence-corrected chi connectivity index (χ3v) is 4.88. The highest BCUT2D eigenvalue weighted by Crippen LogP contribution is 2.48. The van der Waals surface area contributed by atoms with Gasteiger partial charge in [0.05, 0.1) is 5.69 Å². The summed E-state index contributed by atoms with van der Waals surface area (Å²) in [6, 6.07) is 3.21. The molecule has 4 N–H and O–H groups in total. The molecule has 1 aliphatic carbocycles. The number of pyridine rings is 1. The molecule has 6 nitrogen and oxygen atoms in total. The molecule has 18 heavy (non-hydrogen) atoms. The maximum Gasteiger partial charge on any atom is 0.260 e. The topological polar surface area (TPSA) is 97.1 Å². The van der Waals surface area contributed by atoms with Crippen LogP contribution in [0.1, 0.15) is 26.2 Å². The van der Waals surface area contributed by atoms with Gasteiger partial charge in [-0.1, -0.05) is 6.92 Å². The van der Waals surface area contributed by atoms with E-state index >= 15 is 0 Å². The molecule has 1 fully saturated rings. The number of aromatic nitrogens is 1. The molecule has 0 unspecified atom stereocenters. The highest BCUT2D eigenvalue weighted by Gasteiger charge is 2.41. The maximum absolute atomic E-state index is 12.1. The van der Waals surface area contributed by atoms with Gasteiger partial charge in [0.15, 0.2) is 5.03 Å². The SMILES string of the molecule is CCC1(CNS(=O)(=O)c2ncccc2NN)CC1. The standard InChI is InChI=1S/C11H18N4O2S/c1-2-11(5-6-11)8-14-18(16,17)10-9(15-12)4-3-7-13-10/h3-4,7,14-15H,2,5-6,8,12H2,1H3. The van der Waals surface area contributed by atoms with Crippen molar-refractivity contribution in [2.45, 2.75) is 31.2 Å². The molecule has 0 atom stereocenters. The van der Waals surface area contributed by atoms with Crippen LogP contribution in [0.3, 0.4) is 0 Å². The molecular formula is C11H18N4O2S. The Morgan fingerprint density at radius 3 is 2.78 bits per heavy atom. The number of nitrogen functional groups attached to an aromatic ring is 1. The normalized spacial score (nSPS) is 17.4. The first-order valence-corrected chi connectivity index (χ1v) is 7.43. The van der Waals surface area contributed by atoms with Crippen molar-refractivity contribution in [1.82, 2.24) is 9.71 Å². The van der Waals surface area contributed by atoms with E-state index < -0.39 is 10.0 Å². The molecular weight excluding hydrogens is 252 g/mol. The molecule has 0 aromatic carbocycles. The molecule has 100 valence electrons. The van der Waals surface area contributed by atoms with Crippen LogP contribution in [0.5, 0.6) is 0 Å². The van der Waals surface area contributed by atoms with Crippen LogP contribution in [0.2, 0.25) is 0 Å². The summed E-state index contributed by atoms with van der Waals surface area (Å²) in [6.07, 6.45) is 4.58. The molecule has 0 saturated heterocycles. The lowest BCUT2D eigenvalue weighted by Crippen LogP contribution is -2.31. The summed E-state index contributed by atoms with van der Waals surface area (Å²) in [5.41, 5.74) is 2.80. The average molecular weight is 270 g/mol. The van der Waals surface area contributed by atoms with Crippen LogP contribution >= 0.6 is 0 Å². The van der Waals surface area contributed by atoms with Gasteiger partial charge in [-0.3, -0.25) is 5.84 Å². The van der Waals surface area contributed by atoms with E-state index in [1.165, 1.54) is 6.20 Å². The number of hydrazine groups is 1. The van der Waals surface area contributed by atoms with Gasteiger partial charge in [-0.15, -0.1) is 0 Å². The van der Waals surface area contributed by atoms with Gasteiger partial charge in [0.1, 0.15) is 0 Å². The summed E-state index contributed by atoms with van der Waals surface area (Å²) in [7, 11) is -3.61. The van der Waals surface area contributed by atoms with Gasteiger partial charge >= 0.3 is 0 Å². The van der Waals surface area contributed by atoms with Crippen molar-refractivity contribution in [3.8, 4) is 0 Å². The lowest BCUT2D eigenvalue weighted by molar-refractivity contribution is 0.475. The van der Waals surface area contributed by atoms with Crippen LogP contribution in [-0.2, 0) is 10.0 Å². The van der Waals surface area contributed by atoms with E-state index in [0.29, 0.717) is 12.2 Å². The minimum absolute atomic E-state index is 0.0561. The van der Waals surface area contributed by atoms with Gasteiger partial charge in [-0.2, -0.15) is 0 Å². The number of nitrogens with one attached hydrogen (secondary N) is 2. The second-order valence-corrected chi connectivity index (χ2v) is 6.36. The number of hydrogen-bond donors (Lipinski definition) is 3. The number of hydrogen-bond acceptors (Lipinski definition) is 5. The van der Waals surface area contributed by atoms with Gasteiger partial charge in [0, 0.05) is 12.7 Å². The zero-order chi connectivity index (χ0) is 13.2. The van der Waals surface area contributed by atoms with Gasteiger partial charge in [0.25, 0.3) is 10.0 Å². The van der Waals surface area contributed by atoms with Crippen molar-refractivity contribution in [2.75, 3.05) is 12.0 Å². The molecule has 1 aromatic heterocycles. The predicted molar refractivity (Wildman–Crippen MR) is 69.2 cm³/mol. The maximum atomic E-state index is 12.1. The van der Waals surface area contributed by atoms with Gasteiger partial charge in [-0.25, -0.2) is 18.1 Å². The zero-order valence-corrected chi connectivity index (χ0v) is 11.1. The van der Waals surface area contributed by atoms with E-state index in [4.69, 9.17) is 5.84 Å². The Labute approximate surface area is 107 Å². The monoisotopic (exact) mass is 270 g/mol. The number of nitrogens with two attached hydrogens (primary N) is 1. The van der Waals surface area contributed by atoms with Crippen LogP contribution in [0.4, 0.5) is 5.69 Å². The van der Waals surface area contributed by atoms with Crippen molar-refractivity contribution < 1.29 is 8.42 Å². The van der Waals surface area contributed by atoms with Crippen LogP contribution < -0.4 is 16.0 Å². The molecule has 0 aliphatic heterocycles. The van der Waals surface area contributed by atoms with E-state index in [1.54, 1.807) is 12.1 Å². The fraction of sp³-hybridized carbons (Fsp3) is 0.545. The lowest BCUT2D eigenvalue weighted by atomic mass is 10.1. The van der Waals surface area contributed by atoms with Crippen LogP contribution in [-0.4, -0.2) is 19.9 Å². The van der Waals surface area contributed by atoms with Crippen LogP contribution in [0, 0.1) is 5.41 Å². The number of anilines is 1.